The van der Waals surface area contributed by atoms with Crippen LogP contribution in [-0.4, -0.2) is 6.66 Å². The average Bonchev–Trinajstić information content (AvgIpc) is 2.51. The summed E-state index contributed by atoms with van der Waals surface area (Å²) in [6, 6.07) is 0. The van der Waals surface area contributed by atoms with E-state index in [1.165, 1.54) is 0 Å². The van der Waals surface area contributed by atoms with E-state index < -0.39 is 8.15 Å². The van der Waals surface area contributed by atoms with E-state index in [0.717, 1.165) is 16.5 Å². The summed E-state index contributed by atoms with van der Waals surface area (Å²) in [5.74, 6) is 1.29. The first kappa shape index (κ1) is 20.2. The molecule has 1 aliphatic heterocycles. The molecular formula is C19H27O2P. The second kappa shape index (κ2) is 10.9. The second-order valence-corrected chi connectivity index (χ2v) is 6.02. The number of allylic oxidation sites excluding steroid dienone is 7. The Morgan fingerprint density at radius 2 is 1.95 bits per heavy atom. The van der Waals surface area contributed by atoms with E-state index in [0.29, 0.717) is 11.5 Å². The lowest BCUT2D eigenvalue weighted by Gasteiger charge is -2.27. The Labute approximate surface area is 136 Å². The van der Waals surface area contributed by atoms with Crippen LogP contribution in [0.1, 0.15) is 27.7 Å². The first-order valence-corrected chi connectivity index (χ1v) is 9.01. The molecule has 120 valence electrons. The summed E-state index contributed by atoms with van der Waals surface area (Å²) in [6.45, 7) is 21.6. The van der Waals surface area contributed by atoms with Gasteiger partial charge in [-0.15, -0.1) is 0 Å². The lowest BCUT2D eigenvalue weighted by atomic mass is 10.1. The smallest absolute Gasteiger partial charge is 0.176 e. The van der Waals surface area contributed by atoms with E-state index in [1.807, 2.05) is 52.6 Å². The quantitative estimate of drug-likeness (QED) is 0.323. The molecular weight excluding hydrogens is 291 g/mol. The third-order valence-corrected chi connectivity index (χ3v) is 4.05. The maximum atomic E-state index is 5.81. The Morgan fingerprint density at radius 1 is 1.32 bits per heavy atom. The molecule has 0 fully saturated rings. The highest BCUT2D eigenvalue weighted by molar-refractivity contribution is 7.56. The Balaban J connectivity index is 0.00000211. The molecule has 1 rings (SSSR count). The first-order valence-electron chi connectivity index (χ1n) is 7.31. The van der Waals surface area contributed by atoms with Gasteiger partial charge in [-0.25, -0.2) is 0 Å². The molecule has 3 heteroatoms. The monoisotopic (exact) mass is 318 g/mol. The third kappa shape index (κ3) is 5.91. The maximum absolute atomic E-state index is 5.81. The molecule has 0 spiro atoms. The Kier molecular flexibility index (Phi) is 9.98. The summed E-state index contributed by atoms with van der Waals surface area (Å²) < 4.78 is 11.5. The van der Waals surface area contributed by atoms with Crippen LogP contribution >= 0.6 is 8.15 Å². The van der Waals surface area contributed by atoms with Gasteiger partial charge in [-0.2, -0.15) is 0 Å². The molecule has 0 bridgehead atoms. The van der Waals surface area contributed by atoms with Crippen molar-refractivity contribution in [3.63, 3.8) is 0 Å². The van der Waals surface area contributed by atoms with E-state index in [9.17, 15) is 0 Å². The minimum Gasteiger partial charge on any atom is -0.466 e. The van der Waals surface area contributed by atoms with Crippen molar-refractivity contribution in [3.8, 4) is 0 Å². The van der Waals surface area contributed by atoms with Crippen LogP contribution in [0.25, 0.3) is 0 Å². The average molecular weight is 318 g/mol. The molecule has 0 aliphatic carbocycles. The van der Waals surface area contributed by atoms with E-state index in [-0.39, 0.29) is 0 Å². The van der Waals surface area contributed by atoms with Crippen LogP contribution in [0.2, 0.25) is 0 Å². The molecule has 1 heterocycles. The fraction of sp³-hybridized carbons (Fsp3) is 0.263. The van der Waals surface area contributed by atoms with E-state index in [1.54, 1.807) is 18.4 Å². The van der Waals surface area contributed by atoms with E-state index >= 15 is 0 Å². The molecule has 0 aromatic carbocycles. The fourth-order valence-electron chi connectivity index (χ4n) is 1.51. The molecule has 1 atom stereocenters. The lowest BCUT2D eigenvalue weighted by molar-refractivity contribution is 0.325. The summed E-state index contributed by atoms with van der Waals surface area (Å²) in [4.78, 5) is 0. The molecule has 1 unspecified atom stereocenters. The predicted octanol–water partition coefficient (Wildman–Crippen LogP) is 6.59. The Bertz CT molecular complexity index is 534. The van der Waals surface area contributed by atoms with Crippen LogP contribution in [-0.2, 0) is 9.26 Å². The zero-order chi connectivity index (χ0) is 17.1. The first-order chi connectivity index (χ1) is 10.5. The predicted molar refractivity (Wildman–Crippen MR) is 99.6 cm³/mol. The van der Waals surface area contributed by atoms with E-state index in [4.69, 9.17) is 9.26 Å². The number of hydrogen-bond donors (Lipinski definition) is 0. The van der Waals surface area contributed by atoms with Gasteiger partial charge in [-0.05, 0) is 32.7 Å². The molecule has 22 heavy (non-hydrogen) atoms. The topological polar surface area (TPSA) is 18.5 Å². The van der Waals surface area contributed by atoms with Crippen molar-refractivity contribution in [1.82, 2.24) is 0 Å². The van der Waals surface area contributed by atoms with Crippen molar-refractivity contribution in [2.24, 2.45) is 0 Å². The number of ether oxygens (including phenoxy) is 1. The lowest BCUT2D eigenvalue weighted by Crippen LogP contribution is -2.06. The van der Waals surface area contributed by atoms with Crippen LogP contribution in [0.5, 0.6) is 0 Å². The highest BCUT2D eigenvalue weighted by atomic mass is 31.1. The summed E-state index contributed by atoms with van der Waals surface area (Å²) >= 11 is 0. The number of hydrogen-bond acceptors (Lipinski definition) is 2. The van der Waals surface area contributed by atoms with Crippen molar-refractivity contribution in [3.05, 3.63) is 84.4 Å². The highest BCUT2D eigenvalue weighted by Gasteiger charge is 2.27. The fourth-order valence-corrected chi connectivity index (χ4v) is 2.59. The molecule has 0 N–H and O–H groups in total. The zero-order valence-electron chi connectivity index (χ0n) is 14.3. The normalized spacial score (nSPS) is 20.0. The summed E-state index contributed by atoms with van der Waals surface area (Å²) in [6.07, 6.45) is 11.0. The molecule has 0 saturated heterocycles. The Hall–Kier alpha value is -1.79. The highest BCUT2D eigenvalue weighted by Crippen LogP contribution is 2.53. The summed E-state index contributed by atoms with van der Waals surface area (Å²) in [7, 11) is -0.755. The van der Waals surface area contributed by atoms with Gasteiger partial charge in [0, 0.05) is 10.9 Å². The number of rotatable bonds is 5. The van der Waals surface area contributed by atoms with Crippen molar-refractivity contribution >= 4 is 8.15 Å². The SMILES string of the molecule is C=CC1=C(O/C=C/C(=C)C)/C(=C/C=C/C)C(=C)P(C)O1.CC. The molecule has 1 aliphatic rings. The van der Waals surface area contributed by atoms with Gasteiger partial charge in [0.1, 0.15) is 8.15 Å². The van der Waals surface area contributed by atoms with Crippen LogP contribution < -0.4 is 0 Å². The van der Waals surface area contributed by atoms with E-state index in [2.05, 4.69) is 19.7 Å². The minimum atomic E-state index is -0.755. The van der Waals surface area contributed by atoms with Crippen molar-refractivity contribution in [2.45, 2.75) is 27.7 Å². The zero-order valence-corrected chi connectivity index (χ0v) is 15.2. The second-order valence-electron chi connectivity index (χ2n) is 4.31. The van der Waals surface area contributed by atoms with Gasteiger partial charge in [0.2, 0.25) is 0 Å². The van der Waals surface area contributed by atoms with Gasteiger partial charge in [0.15, 0.2) is 11.5 Å². The summed E-state index contributed by atoms with van der Waals surface area (Å²) in [5, 5.41) is 0.947. The Morgan fingerprint density at radius 3 is 2.45 bits per heavy atom. The molecule has 0 aromatic rings. The molecule has 0 saturated carbocycles. The van der Waals surface area contributed by atoms with Crippen LogP contribution in [0.15, 0.2) is 84.4 Å². The summed E-state index contributed by atoms with van der Waals surface area (Å²) in [5.41, 5.74) is 1.86. The molecule has 2 nitrogen and oxygen atoms in total. The van der Waals surface area contributed by atoms with Crippen molar-refractivity contribution in [2.75, 3.05) is 6.66 Å². The van der Waals surface area contributed by atoms with Gasteiger partial charge < -0.3 is 9.26 Å². The van der Waals surface area contributed by atoms with Crippen LogP contribution in [0.3, 0.4) is 0 Å². The standard InChI is InChI=1S/C17H21O2P.C2H6/c1-7-9-10-15-14(5)20(6)19-16(8-2)17(15)18-12-11-13(3)4;1-2/h7-12H,2-3,5H2,1,4,6H3;1-2H3/b9-7+,12-11+,15-10+;. The van der Waals surface area contributed by atoms with Gasteiger partial charge in [-0.3, -0.25) is 0 Å². The van der Waals surface area contributed by atoms with Crippen molar-refractivity contribution in [1.29, 1.82) is 0 Å². The molecule has 0 amide bonds. The van der Waals surface area contributed by atoms with Gasteiger partial charge in [0.25, 0.3) is 0 Å². The van der Waals surface area contributed by atoms with Gasteiger partial charge in [0.05, 0.1) is 6.26 Å². The molecule has 0 aromatic heterocycles. The third-order valence-electron chi connectivity index (χ3n) is 2.57. The van der Waals surface area contributed by atoms with Gasteiger partial charge in [-0.1, -0.05) is 57.4 Å². The van der Waals surface area contributed by atoms with Crippen molar-refractivity contribution < 1.29 is 9.26 Å². The molecule has 0 radical (unpaired) electrons. The maximum Gasteiger partial charge on any atom is 0.176 e. The largest absolute Gasteiger partial charge is 0.466 e. The van der Waals surface area contributed by atoms with Gasteiger partial charge >= 0.3 is 0 Å². The van der Waals surface area contributed by atoms with Crippen LogP contribution in [0.4, 0.5) is 0 Å². The minimum absolute atomic E-state index is 0.640. The van der Waals surface area contributed by atoms with Crippen LogP contribution in [0, 0.1) is 0 Å².